The van der Waals surface area contributed by atoms with Crippen LogP contribution in [-0.4, -0.2) is 31.3 Å². The Morgan fingerprint density at radius 2 is 2.36 bits per heavy atom. The number of carbonyl (C=O) groups excluding carboxylic acids is 1. The molecule has 2 fully saturated rings. The predicted octanol–water partition coefficient (Wildman–Crippen LogP) is -0.121. The zero-order valence-electron chi connectivity index (χ0n) is 6.00. The lowest BCUT2D eigenvalue weighted by molar-refractivity contribution is 0.117. The van der Waals surface area contributed by atoms with E-state index >= 15 is 0 Å². The number of hydrogen-bond donors (Lipinski definition) is 2. The third-order valence-corrected chi connectivity index (χ3v) is 1.98. The van der Waals surface area contributed by atoms with Crippen LogP contribution in [0.2, 0.25) is 0 Å². The van der Waals surface area contributed by atoms with Crippen LogP contribution in [-0.2, 0) is 4.74 Å². The Kier molecular flexibility index (Phi) is 2.57. The average Bonchev–Trinajstić information content (AvgIpc) is 2.27. The molecule has 0 unspecified atom stereocenters. The summed E-state index contributed by atoms with van der Waals surface area (Å²) in [4.78, 5) is 10.6. The molecule has 5 heteroatoms. The monoisotopic (exact) mass is 178 g/mol. The molecule has 0 aromatic rings. The van der Waals surface area contributed by atoms with E-state index in [9.17, 15) is 4.79 Å². The summed E-state index contributed by atoms with van der Waals surface area (Å²) in [7, 11) is 0. The summed E-state index contributed by atoms with van der Waals surface area (Å²) in [6.45, 7) is 1.80. The summed E-state index contributed by atoms with van der Waals surface area (Å²) < 4.78 is 4.98. The van der Waals surface area contributed by atoms with Crippen molar-refractivity contribution >= 4 is 18.5 Å². The number of amides is 1. The number of fused-ring (bicyclic) bond motifs is 1. The maximum absolute atomic E-state index is 10.6. The third-order valence-electron chi connectivity index (χ3n) is 1.98. The molecule has 0 aromatic carbocycles. The van der Waals surface area contributed by atoms with Crippen molar-refractivity contribution in [1.29, 1.82) is 0 Å². The molecule has 0 bridgehead atoms. The summed E-state index contributed by atoms with van der Waals surface area (Å²) in [6.07, 6.45) is 0.788. The van der Waals surface area contributed by atoms with Gasteiger partial charge in [-0.15, -0.1) is 12.4 Å². The second-order valence-electron chi connectivity index (χ2n) is 2.69. The fourth-order valence-electron chi connectivity index (χ4n) is 1.44. The van der Waals surface area contributed by atoms with Crippen molar-refractivity contribution in [3.8, 4) is 0 Å². The van der Waals surface area contributed by atoms with Crippen LogP contribution in [0, 0.1) is 0 Å². The molecule has 11 heavy (non-hydrogen) atoms. The fraction of sp³-hybridized carbons (Fsp3) is 0.833. The number of hydrogen-bond acceptors (Lipinski definition) is 3. The van der Waals surface area contributed by atoms with Crippen LogP contribution in [0.15, 0.2) is 0 Å². The number of halogens is 1. The molecule has 0 aromatic heterocycles. The highest BCUT2D eigenvalue weighted by atomic mass is 35.5. The summed E-state index contributed by atoms with van der Waals surface area (Å²) in [5.41, 5.74) is 0. The van der Waals surface area contributed by atoms with Gasteiger partial charge in [0.15, 0.2) is 0 Å². The fourth-order valence-corrected chi connectivity index (χ4v) is 1.44. The largest absolute Gasteiger partial charge is 0.444 e. The molecular weight excluding hydrogens is 168 g/mol. The molecular formula is C6H11ClN2O2. The smallest absolute Gasteiger partial charge is 0.407 e. The Morgan fingerprint density at radius 3 is 3.09 bits per heavy atom. The highest BCUT2D eigenvalue weighted by molar-refractivity contribution is 5.85. The minimum Gasteiger partial charge on any atom is -0.444 e. The van der Waals surface area contributed by atoms with Crippen molar-refractivity contribution in [2.24, 2.45) is 0 Å². The average molecular weight is 179 g/mol. The standard InChI is InChI=1S/C6H10N2O2.ClH/c9-6-8-4-3-7-2-1-5(4)10-6;/h4-5,7H,1-3H2,(H,8,9);1H/t4-,5+;/m0./s1. The Hall–Kier alpha value is -0.480. The first-order valence-electron chi connectivity index (χ1n) is 3.54. The molecule has 0 radical (unpaired) electrons. The van der Waals surface area contributed by atoms with Gasteiger partial charge in [-0.2, -0.15) is 0 Å². The molecule has 0 spiro atoms. The lowest BCUT2D eigenvalue weighted by Gasteiger charge is -2.22. The van der Waals surface area contributed by atoms with Gasteiger partial charge in [0.1, 0.15) is 6.10 Å². The Balaban J connectivity index is 0.000000605. The molecule has 0 saturated carbocycles. The van der Waals surface area contributed by atoms with E-state index < -0.39 is 0 Å². The van der Waals surface area contributed by atoms with Crippen LogP contribution < -0.4 is 10.6 Å². The van der Waals surface area contributed by atoms with Crippen LogP contribution in [0.25, 0.3) is 0 Å². The lowest BCUT2D eigenvalue weighted by Crippen LogP contribution is -2.46. The molecule has 2 rings (SSSR count). The van der Waals surface area contributed by atoms with Gasteiger partial charge in [-0.3, -0.25) is 0 Å². The number of nitrogens with one attached hydrogen (secondary N) is 2. The van der Waals surface area contributed by atoms with Crippen molar-refractivity contribution in [3.63, 3.8) is 0 Å². The van der Waals surface area contributed by atoms with Crippen molar-refractivity contribution in [2.45, 2.75) is 18.6 Å². The van der Waals surface area contributed by atoms with Gasteiger partial charge in [-0.05, 0) is 13.0 Å². The molecule has 2 aliphatic rings. The van der Waals surface area contributed by atoms with Gasteiger partial charge in [0, 0.05) is 6.54 Å². The molecule has 1 amide bonds. The molecule has 2 saturated heterocycles. The zero-order valence-corrected chi connectivity index (χ0v) is 6.82. The summed E-state index contributed by atoms with van der Waals surface area (Å²) in [5.74, 6) is 0. The summed E-state index contributed by atoms with van der Waals surface area (Å²) >= 11 is 0. The van der Waals surface area contributed by atoms with Gasteiger partial charge >= 0.3 is 6.09 Å². The number of piperidine rings is 1. The molecule has 0 aliphatic carbocycles. The van der Waals surface area contributed by atoms with Crippen molar-refractivity contribution in [2.75, 3.05) is 13.1 Å². The van der Waals surface area contributed by atoms with Crippen molar-refractivity contribution in [3.05, 3.63) is 0 Å². The minimum absolute atomic E-state index is 0. The predicted molar refractivity (Wildman–Crippen MR) is 41.9 cm³/mol. The Labute approximate surface area is 71.1 Å². The highest BCUT2D eigenvalue weighted by Gasteiger charge is 2.35. The molecule has 2 atom stereocenters. The number of ether oxygens (including phenoxy) is 1. The maximum Gasteiger partial charge on any atom is 0.407 e. The highest BCUT2D eigenvalue weighted by Crippen LogP contribution is 2.13. The minimum atomic E-state index is -0.265. The molecule has 64 valence electrons. The molecule has 2 N–H and O–H groups in total. The topological polar surface area (TPSA) is 50.4 Å². The van der Waals surface area contributed by atoms with E-state index in [-0.39, 0.29) is 30.6 Å². The van der Waals surface area contributed by atoms with Gasteiger partial charge in [-0.1, -0.05) is 0 Å². The molecule has 2 aliphatic heterocycles. The van der Waals surface area contributed by atoms with Gasteiger partial charge in [-0.25, -0.2) is 4.79 Å². The second kappa shape index (κ2) is 3.28. The first kappa shape index (κ1) is 8.62. The van der Waals surface area contributed by atoms with Crippen molar-refractivity contribution < 1.29 is 9.53 Å². The normalized spacial score (nSPS) is 34.7. The second-order valence-corrected chi connectivity index (χ2v) is 2.69. The zero-order chi connectivity index (χ0) is 6.97. The van der Waals surface area contributed by atoms with Crippen LogP contribution in [0.4, 0.5) is 4.79 Å². The van der Waals surface area contributed by atoms with Crippen molar-refractivity contribution in [1.82, 2.24) is 10.6 Å². The maximum atomic E-state index is 10.6. The Bertz CT molecular complexity index is 149. The van der Waals surface area contributed by atoms with Gasteiger partial charge in [0.25, 0.3) is 0 Å². The van der Waals surface area contributed by atoms with Gasteiger partial charge < -0.3 is 15.4 Å². The van der Waals surface area contributed by atoms with Crippen LogP contribution in [0.3, 0.4) is 0 Å². The van der Waals surface area contributed by atoms with Gasteiger partial charge in [0.05, 0.1) is 6.04 Å². The summed E-state index contributed by atoms with van der Waals surface area (Å²) in [5, 5.41) is 5.91. The van der Waals surface area contributed by atoms with E-state index in [0.717, 1.165) is 19.5 Å². The van der Waals surface area contributed by atoms with E-state index in [0.29, 0.717) is 0 Å². The summed E-state index contributed by atoms with van der Waals surface area (Å²) in [6, 6.07) is 0.209. The number of rotatable bonds is 0. The van der Waals surface area contributed by atoms with E-state index in [1.54, 1.807) is 0 Å². The first-order chi connectivity index (χ1) is 4.86. The molecule has 4 nitrogen and oxygen atoms in total. The third kappa shape index (κ3) is 1.57. The first-order valence-corrected chi connectivity index (χ1v) is 3.54. The molecule has 2 heterocycles. The van der Waals surface area contributed by atoms with E-state index in [1.165, 1.54) is 0 Å². The van der Waals surface area contributed by atoms with E-state index in [1.807, 2.05) is 0 Å². The van der Waals surface area contributed by atoms with Gasteiger partial charge in [0.2, 0.25) is 0 Å². The number of alkyl carbamates (subject to hydrolysis) is 1. The van der Waals surface area contributed by atoms with E-state index in [2.05, 4.69) is 10.6 Å². The quantitative estimate of drug-likeness (QED) is 0.544. The number of carbonyl (C=O) groups is 1. The van der Waals surface area contributed by atoms with Crippen LogP contribution >= 0.6 is 12.4 Å². The SMILES string of the molecule is Cl.O=C1N[C@H]2CNCC[C@H]2O1. The lowest BCUT2D eigenvalue weighted by atomic mass is 10.1. The Morgan fingerprint density at radius 1 is 1.55 bits per heavy atom. The van der Waals surface area contributed by atoms with Crippen LogP contribution in [0.1, 0.15) is 6.42 Å². The van der Waals surface area contributed by atoms with Crippen LogP contribution in [0.5, 0.6) is 0 Å². The van der Waals surface area contributed by atoms with E-state index in [4.69, 9.17) is 4.74 Å².